The monoisotopic (exact) mass is 442 g/mol. The van der Waals surface area contributed by atoms with E-state index in [0.717, 1.165) is 29.5 Å². The Morgan fingerprint density at radius 2 is 1.85 bits per heavy atom. The summed E-state index contributed by atoms with van der Waals surface area (Å²) in [7, 11) is 1.69. The van der Waals surface area contributed by atoms with Crippen LogP contribution in [-0.4, -0.2) is 28.5 Å². The second-order valence-electron chi connectivity index (χ2n) is 8.50. The predicted octanol–water partition coefficient (Wildman–Crippen LogP) is 4.48. The van der Waals surface area contributed by atoms with Crippen LogP contribution in [0.2, 0.25) is 0 Å². The molecule has 166 valence electrons. The Morgan fingerprint density at radius 3 is 2.58 bits per heavy atom. The maximum Gasteiger partial charge on any atom is 0.261 e. The molecule has 2 aromatic heterocycles. The lowest BCUT2D eigenvalue weighted by Crippen LogP contribution is -2.35. The van der Waals surface area contributed by atoms with Crippen LogP contribution in [0.5, 0.6) is 0 Å². The van der Waals surface area contributed by atoms with Gasteiger partial charge in [-0.05, 0) is 67.3 Å². The molecule has 0 atom stereocenters. The van der Waals surface area contributed by atoms with Gasteiger partial charge in [-0.15, -0.1) is 0 Å². The molecule has 2 heterocycles. The predicted molar refractivity (Wildman–Crippen MR) is 124 cm³/mol. The van der Waals surface area contributed by atoms with Gasteiger partial charge in [-0.2, -0.15) is 5.10 Å². The highest BCUT2D eigenvalue weighted by molar-refractivity contribution is 6.10. The van der Waals surface area contributed by atoms with Crippen molar-refractivity contribution in [1.29, 1.82) is 0 Å². The standard InChI is InChI=1S/C26H23FN4O2/c1-17-6-7-18(24(32)29-26(12-13-26)19-8-10-20(27)11-9-19)15-23(17)30(2)25(33)21-16-28-31-14-4-3-5-22(21)31/h3-11,14-16H,12-13H2,1-2H3,(H,29,32). The number of aryl methyl sites for hydroxylation is 1. The van der Waals surface area contributed by atoms with Crippen LogP contribution in [0.1, 0.15) is 44.7 Å². The molecule has 0 unspecified atom stereocenters. The summed E-state index contributed by atoms with van der Waals surface area (Å²) < 4.78 is 15.0. The first-order valence-corrected chi connectivity index (χ1v) is 10.8. The van der Waals surface area contributed by atoms with E-state index >= 15 is 0 Å². The first-order valence-electron chi connectivity index (χ1n) is 10.8. The van der Waals surface area contributed by atoms with Gasteiger partial charge in [0.05, 0.1) is 22.8 Å². The summed E-state index contributed by atoms with van der Waals surface area (Å²) in [5.41, 5.74) is 3.62. The Morgan fingerprint density at radius 1 is 1.09 bits per heavy atom. The molecule has 4 aromatic rings. The van der Waals surface area contributed by atoms with Gasteiger partial charge in [-0.25, -0.2) is 8.91 Å². The third-order valence-electron chi connectivity index (χ3n) is 6.29. The molecular weight excluding hydrogens is 419 g/mol. The second-order valence-corrected chi connectivity index (χ2v) is 8.50. The molecule has 0 saturated heterocycles. The molecule has 1 aliphatic carbocycles. The van der Waals surface area contributed by atoms with E-state index in [-0.39, 0.29) is 17.6 Å². The van der Waals surface area contributed by atoms with Crippen molar-refractivity contribution in [2.45, 2.75) is 25.3 Å². The number of aromatic nitrogens is 2. The number of rotatable bonds is 5. The van der Waals surface area contributed by atoms with Crippen molar-refractivity contribution >= 4 is 23.0 Å². The van der Waals surface area contributed by atoms with Crippen molar-refractivity contribution < 1.29 is 14.0 Å². The molecule has 2 aromatic carbocycles. The normalized spacial score (nSPS) is 14.2. The Labute approximate surface area is 190 Å². The van der Waals surface area contributed by atoms with Crippen LogP contribution < -0.4 is 10.2 Å². The number of benzene rings is 2. The number of anilines is 1. The highest BCUT2D eigenvalue weighted by Crippen LogP contribution is 2.45. The number of carbonyl (C=O) groups is 2. The number of pyridine rings is 1. The van der Waals surface area contributed by atoms with Crippen LogP contribution in [0.4, 0.5) is 10.1 Å². The van der Waals surface area contributed by atoms with E-state index in [0.29, 0.717) is 16.8 Å². The Bertz CT molecular complexity index is 1370. The lowest BCUT2D eigenvalue weighted by molar-refractivity contribution is 0.0929. The topological polar surface area (TPSA) is 66.7 Å². The van der Waals surface area contributed by atoms with Gasteiger partial charge in [-0.3, -0.25) is 9.59 Å². The molecule has 0 aliphatic heterocycles. The minimum absolute atomic E-state index is 0.207. The van der Waals surface area contributed by atoms with Crippen LogP contribution >= 0.6 is 0 Å². The minimum Gasteiger partial charge on any atom is -0.343 e. The molecule has 0 spiro atoms. The number of fused-ring (bicyclic) bond motifs is 1. The Hall–Kier alpha value is -4.00. The molecule has 0 radical (unpaired) electrons. The van der Waals surface area contributed by atoms with Gasteiger partial charge in [0.1, 0.15) is 5.82 Å². The number of hydrogen-bond acceptors (Lipinski definition) is 3. The van der Waals surface area contributed by atoms with Gasteiger partial charge >= 0.3 is 0 Å². The molecule has 2 amide bonds. The van der Waals surface area contributed by atoms with Crippen molar-refractivity contribution in [1.82, 2.24) is 14.9 Å². The van der Waals surface area contributed by atoms with Gasteiger partial charge < -0.3 is 10.2 Å². The first kappa shape index (κ1) is 20.9. The van der Waals surface area contributed by atoms with Crippen molar-refractivity contribution in [3.63, 3.8) is 0 Å². The SMILES string of the molecule is Cc1ccc(C(=O)NC2(c3ccc(F)cc3)CC2)cc1N(C)C(=O)c1cnn2ccccc12. The minimum atomic E-state index is -0.464. The smallest absolute Gasteiger partial charge is 0.261 e. The zero-order valence-electron chi connectivity index (χ0n) is 18.4. The zero-order chi connectivity index (χ0) is 23.2. The lowest BCUT2D eigenvalue weighted by Gasteiger charge is -2.21. The summed E-state index contributed by atoms with van der Waals surface area (Å²) in [6.45, 7) is 1.90. The average Bonchev–Trinajstić information content (AvgIpc) is 3.47. The summed E-state index contributed by atoms with van der Waals surface area (Å²) in [6.07, 6.45) is 4.95. The summed E-state index contributed by atoms with van der Waals surface area (Å²) in [4.78, 5) is 27.9. The number of nitrogens with one attached hydrogen (secondary N) is 1. The summed E-state index contributed by atoms with van der Waals surface area (Å²) in [5.74, 6) is -0.736. The molecule has 1 aliphatic rings. The molecule has 6 nitrogen and oxygen atoms in total. The van der Waals surface area contributed by atoms with Crippen molar-refractivity contribution in [3.8, 4) is 0 Å². The molecule has 33 heavy (non-hydrogen) atoms. The maximum atomic E-state index is 13.3. The largest absolute Gasteiger partial charge is 0.343 e. The van der Waals surface area contributed by atoms with Crippen molar-refractivity contribution in [2.75, 3.05) is 11.9 Å². The van der Waals surface area contributed by atoms with Crippen LogP contribution in [-0.2, 0) is 5.54 Å². The van der Waals surface area contributed by atoms with Crippen molar-refractivity contribution in [3.05, 3.63) is 101 Å². The van der Waals surface area contributed by atoms with Gasteiger partial charge in [0.15, 0.2) is 0 Å². The fourth-order valence-electron chi connectivity index (χ4n) is 4.17. The number of carbonyl (C=O) groups excluding carboxylic acids is 2. The number of hydrogen-bond donors (Lipinski definition) is 1. The second kappa shape index (κ2) is 7.85. The maximum absolute atomic E-state index is 13.3. The fraction of sp³-hybridized carbons (Fsp3) is 0.192. The highest BCUT2D eigenvalue weighted by Gasteiger charge is 2.45. The molecule has 5 rings (SSSR count). The Kier molecular flexibility index (Phi) is 4.96. The zero-order valence-corrected chi connectivity index (χ0v) is 18.4. The first-order chi connectivity index (χ1) is 15.9. The van der Waals surface area contributed by atoms with E-state index in [1.54, 1.807) is 53.1 Å². The number of halogens is 1. The van der Waals surface area contributed by atoms with Gasteiger partial charge in [0.25, 0.3) is 11.8 Å². The van der Waals surface area contributed by atoms with Gasteiger partial charge in [0.2, 0.25) is 0 Å². The molecule has 7 heteroatoms. The number of nitrogens with zero attached hydrogens (tertiary/aromatic N) is 3. The van der Waals surface area contributed by atoms with E-state index < -0.39 is 5.54 Å². The summed E-state index contributed by atoms with van der Waals surface area (Å²) in [5, 5.41) is 7.35. The quantitative estimate of drug-likeness (QED) is 0.496. The summed E-state index contributed by atoms with van der Waals surface area (Å²) >= 11 is 0. The van der Waals surface area contributed by atoms with E-state index in [4.69, 9.17) is 0 Å². The molecular formula is C26H23FN4O2. The highest BCUT2D eigenvalue weighted by atomic mass is 19.1. The third kappa shape index (κ3) is 3.75. The molecule has 1 N–H and O–H groups in total. The van der Waals surface area contributed by atoms with Crippen LogP contribution in [0, 0.1) is 12.7 Å². The lowest BCUT2D eigenvalue weighted by atomic mass is 10.0. The van der Waals surface area contributed by atoms with Gasteiger partial charge in [0, 0.05) is 24.5 Å². The van der Waals surface area contributed by atoms with Crippen LogP contribution in [0.25, 0.3) is 5.52 Å². The summed E-state index contributed by atoms with van der Waals surface area (Å²) in [6, 6.07) is 17.1. The molecule has 1 fully saturated rings. The van der Waals surface area contributed by atoms with Gasteiger partial charge in [-0.1, -0.05) is 24.3 Å². The fourth-order valence-corrected chi connectivity index (χ4v) is 4.17. The number of amides is 2. The van der Waals surface area contributed by atoms with Crippen LogP contribution in [0.3, 0.4) is 0 Å². The average molecular weight is 442 g/mol. The van der Waals surface area contributed by atoms with Crippen LogP contribution in [0.15, 0.2) is 73.1 Å². The third-order valence-corrected chi connectivity index (χ3v) is 6.29. The van der Waals surface area contributed by atoms with E-state index in [9.17, 15) is 14.0 Å². The van der Waals surface area contributed by atoms with Crippen molar-refractivity contribution in [2.24, 2.45) is 0 Å². The van der Waals surface area contributed by atoms with E-state index in [2.05, 4.69) is 10.4 Å². The Balaban J connectivity index is 1.40. The molecule has 1 saturated carbocycles. The molecule has 0 bridgehead atoms. The van der Waals surface area contributed by atoms with E-state index in [1.165, 1.54) is 12.1 Å². The van der Waals surface area contributed by atoms with E-state index in [1.807, 2.05) is 31.2 Å².